The molecule has 0 saturated carbocycles. The van der Waals surface area contributed by atoms with Crippen molar-refractivity contribution in [1.29, 1.82) is 0 Å². The molecule has 0 aliphatic rings. The summed E-state index contributed by atoms with van der Waals surface area (Å²) in [4.78, 5) is 4.79. The second-order valence-corrected chi connectivity index (χ2v) is 8.71. The Morgan fingerprint density at radius 3 is 1.06 bits per heavy atom. The quantitative estimate of drug-likeness (QED) is 0.263. The van der Waals surface area contributed by atoms with Crippen molar-refractivity contribution in [3.63, 3.8) is 0 Å². The van der Waals surface area contributed by atoms with Crippen LogP contribution in [0.5, 0.6) is 0 Å². The summed E-state index contributed by atoms with van der Waals surface area (Å²) in [6.45, 7) is 0. The minimum Gasteiger partial charge on any atom is -0.249 e. The number of hydrogen-bond donors (Lipinski definition) is 0. The Balaban J connectivity index is 1.64. The lowest BCUT2D eigenvalue weighted by Crippen LogP contribution is -1.88. The Labute approximate surface area is 209 Å². The summed E-state index contributed by atoms with van der Waals surface area (Å²) < 4.78 is 0. The largest absolute Gasteiger partial charge is 0.249 e. The number of aromatic nitrogens is 1. The topological polar surface area (TPSA) is 12.9 Å². The fraction of sp³-hybridized carbons (Fsp3) is 0. The van der Waals surface area contributed by atoms with Crippen LogP contribution in [-0.4, -0.2) is 4.98 Å². The lowest BCUT2D eigenvalue weighted by atomic mass is 10.1. The smallest absolute Gasteiger partial charge is 0.0643 e. The lowest BCUT2D eigenvalue weighted by molar-refractivity contribution is 1.26. The second kappa shape index (κ2) is 11.2. The molecule has 162 valence electrons. The highest BCUT2D eigenvalue weighted by atomic mass is 35.5. The minimum atomic E-state index is 0.717. The summed E-state index contributed by atoms with van der Waals surface area (Å²) in [5.41, 5.74) is 5.96. The van der Waals surface area contributed by atoms with Crippen LogP contribution in [-0.2, 0) is 0 Å². The Kier molecular flexibility index (Phi) is 7.80. The van der Waals surface area contributed by atoms with Crippen molar-refractivity contribution in [2.24, 2.45) is 0 Å². The van der Waals surface area contributed by atoms with E-state index in [0.717, 1.165) is 38.7 Å². The molecule has 1 nitrogen and oxygen atoms in total. The first-order chi connectivity index (χ1) is 16.0. The summed E-state index contributed by atoms with van der Waals surface area (Å²) >= 11 is 18.0. The molecule has 0 aliphatic carbocycles. The maximum atomic E-state index is 6.00. The van der Waals surface area contributed by atoms with Gasteiger partial charge in [-0.05, 0) is 82.9 Å². The zero-order valence-electron chi connectivity index (χ0n) is 17.6. The van der Waals surface area contributed by atoms with Gasteiger partial charge in [0.1, 0.15) is 0 Å². The zero-order chi connectivity index (χ0) is 23.0. The molecule has 0 bridgehead atoms. The standard InChI is InChI=1S/C29H20Cl3N/c30-25-11-3-21(4-12-25)1-2-24-19-28(17-9-22-5-13-26(31)14-6-22)33-29(20-24)18-10-23-7-15-27(32)16-8-23/h1-20H. The van der Waals surface area contributed by atoms with Crippen molar-refractivity contribution >= 4 is 71.3 Å². The second-order valence-electron chi connectivity index (χ2n) is 7.40. The Bertz CT molecular complexity index is 1120. The first kappa shape index (κ1) is 23.1. The van der Waals surface area contributed by atoms with E-state index in [9.17, 15) is 0 Å². The van der Waals surface area contributed by atoms with Gasteiger partial charge in [0.05, 0.1) is 11.4 Å². The molecule has 4 aromatic rings. The molecule has 0 aliphatic heterocycles. The molecule has 0 N–H and O–H groups in total. The fourth-order valence-corrected chi connectivity index (χ4v) is 3.52. The van der Waals surface area contributed by atoms with Gasteiger partial charge in [-0.25, -0.2) is 4.98 Å². The average Bonchev–Trinajstić information content (AvgIpc) is 2.83. The molecule has 0 atom stereocenters. The van der Waals surface area contributed by atoms with E-state index in [1.807, 2.05) is 97.1 Å². The molecule has 0 radical (unpaired) electrons. The maximum Gasteiger partial charge on any atom is 0.0643 e. The fourth-order valence-electron chi connectivity index (χ4n) is 3.14. The molecular weight excluding hydrogens is 469 g/mol. The predicted octanol–water partition coefficient (Wildman–Crippen LogP) is 9.55. The number of pyridine rings is 1. The highest BCUT2D eigenvalue weighted by molar-refractivity contribution is 6.31. The predicted molar refractivity (Wildman–Crippen MR) is 145 cm³/mol. The molecule has 33 heavy (non-hydrogen) atoms. The van der Waals surface area contributed by atoms with Crippen molar-refractivity contribution in [2.75, 3.05) is 0 Å². The van der Waals surface area contributed by atoms with Crippen molar-refractivity contribution in [1.82, 2.24) is 4.98 Å². The van der Waals surface area contributed by atoms with E-state index < -0.39 is 0 Å². The molecule has 1 aromatic heterocycles. The summed E-state index contributed by atoms with van der Waals surface area (Å²) in [6.07, 6.45) is 12.2. The summed E-state index contributed by atoms with van der Waals surface area (Å²) in [5, 5.41) is 2.16. The minimum absolute atomic E-state index is 0.717. The molecule has 0 amide bonds. The summed E-state index contributed by atoms with van der Waals surface area (Å²) in [5.74, 6) is 0. The van der Waals surface area contributed by atoms with Crippen molar-refractivity contribution in [3.05, 3.63) is 134 Å². The zero-order valence-corrected chi connectivity index (χ0v) is 19.9. The van der Waals surface area contributed by atoms with Crippen LogP contribution in [0.1, 0.15) is 33.6 Å². The van der Waals surface area contributed by atoms with Crippen LogP contribution in [0.3, 0.4) is 0 Å². The molecule has 0 saturated heterocycles. The highest BCUT2D eigenvalue weighted by Crippen LogP contribution is 2.18. The average molecular weight is 489 g/mol. The van der Waals surface area contributed by atoms with Gasteiger partial charge in [0.15, 0.2) is 0 Å². The van der Waals surface area contributed by atoms with Crippen LogP contribution in [0.2, 0.25) is 15.1 Å². The molecular formula is C29H20Cl3N. The summed E-state index contributed by atoms with van der Waals surface area (Å²) in [6, 6.07) is 27.3. The van der Waals surface area contributed by atoms with Crippen LogP contribution in [0.15, 0.2) is 84.9 Å². The molecule has 4 heteroatoms. The third-order valence-electron chi connectivity index (χ3n) is 4.86. The number of hydrogen-bond acceptors (Lipinski definition) is 1. The third kappa shape index (κ3) is 7.20. The normalized spacial score (nSPS) is 11.7. The van der Waals surface area contributed by atoms with Gasteiger partial charge in [0, 0.05) is 15.1 Å². The maximum absolute atomic E-state index is 6.00. The van der Waals surface area contributed by atoms with Gasteiger partial charge in [-0.2, -0.15) is 0 Å². The Morgan fingerprint density at radius 1 is 0.394 bits per heavy atom. The van der Waals surface area contributed by atoms with Gasteiger partial charge >= 0.3 is 0 Å². The van der Waals surface area contributed by atoms with Crippen molar-refractivity contribution < 1.29 is 0 Å². The molecule has 0 spiro atoms. The van der Waals surface area contributed by atoms with Crippen LogP contribution in [0.25, 0.3) is 36.5 Å². The monoisotopic (exact) mass is 487 g/mol. The van der Waals surface area contributed by atoms with Gasteiger partial charge in [-0.3, -0.25) is 0 Å². The number of nitrogens with zero attached hydrogens (tertiary/aromatic N) is 1. The first-order valence-electron chi connectivity index (χ1n) is 10.4. The van der Waals surface area contributed by atoms with Gasteiger partial charge < -0.3 is 0 Å². The third-order valence-corrected chi connectivity index (χ3v) is 5.61. The number of benzene rings is 3. The van der Waals surface area contributed by atoms with Crippen molar-refractivity contribution in [3.8, 4) is 0 Å². The Hall–Kier alpha value is -3.10. The van der Waals surface area contributed by atoms with E-state index in [1.165, 1.54) is 0 Å². The van der Waals surface area contributed by atoms with Gasteiger partial charge in [-0.1, -0.05) is 95.5 Å². The molecule has 0 unspecified atom stereocenters. The van der Waals surface area contributed by atoms with Crippen LogP contribution in [0.4, 0.5) is 0 Å². The molecule has 4 rings (SSSR count). The van der Waals surface area contributed by atoms with Crippen LogP contribution in [0, 0.1) is 0 Å². The molecule has 1 heterocycles. The van der Waals surface area contributed by atoms with E-state index in [4.69, 9.17) is 39.8 Å². The van der Waals surface area contributed by atoms with E-state index in [0.29, 0.717) is 10.0 Å². The molecule has 0 fully saturated rings. The van der Waals surface area contributed by atoms with E-state index in [-0.39, 0.29) is 0 Å². The van der Waals surface area contributed by atoms with Crippen molar-refractivity contribution in [2.45, 2.75) is 0 Å². The van der Waals surface area contributed by atoms with Crippen LogP contribution < -0.4 is 0 Å². The Morgan fingerprint density at radius 2 is 0.697 bits per heavy atom. The van der Waals surface area contributed by atoms with E-state index in [1.54, 1.807) is 0 Å². The highest BCUT2D eigenvalue weighted by Gasteiger charge is 1.99. The van der Waals surface area contributed by atoms with E-state index >= 15 is 0 Å². The van der Waals surface area contributed by atoms with E-state index in [2.05, 4.69) is 24.3 Å². The molecule has 3 aromatic carbocycles. The lowest BCUT2D eigenvalue weighted by Gasteiger charge is -2.03. The van der Waals surface area contributed by atoms with Gasteiger partial charge in [0.2, 0.25) is 0 Å². The van der Waals surface area contributed by atoms with Crippen LogP contribution >= 0.6 is 34.8 Å². The SMILES string of the molecule is Clc1ccc(C=Cc2cc(C=Cc3ccc(Cl)cc3)nc(C=Cc3ccc(Cl)cc3)c2)cc1. The van der Waals surface area contributed by atoms with Gasteiger partial charge in [0.25, 0.3) is 0 Å². The first-order valence-corrected chi connectivity index (χ1v) is 11.5. The number of rotatable bonds is 6. The van der Waals surface area contributed by atoms with Gasteiger partial charge in [-0.15, -0.1) is 0 Å². The summed E-state index contributed by atoms with van der Waals surface area (Å²) in [7, 11) is 0. The number of halogens is 3.